The van der Waals surface area contributed by atoms with Gasteiger partial charge in [-0.15, -0.1) is 0 Å². The van der Waals surface area contributed by atoms with E-state index in [0.717, 1.165) is 12.1 Å². The maximum Gasteiger partial charge on any atom is 0.148 e. The van der Waals surface area contributed by atoms with Gasteiger partial charge in [0.25, 0.3) is 0 Å². The van der Waals surface area contributed by atoms with Crippen LogP contribution in [0.1, 0.15) is 12.6 Å². The summed E-state index contributed by atoms with van der Waals surface area (Å²) in [5.41, 5.74) is 7.87. The second-order valence-corrected chi connectivity index (χ2v) is 3.56. The third-order valence-corrected chi connectivity index (χ3v) is 2.51. The van der Waals surface area contributed by atoms with E-state index in [4.69, 9.17) is 10.5 Å². The summed E-state index contributed by atoms with van der Waals surface area (Å²) in [4.78, 5) is 4.39. The third-order valence-electron chi connectivity index (χ3n) is 2.51. The number of hydrogen-bond donors (Lipinski definition) is 1. The first-order valence-electron chi connectivity index (χ1n) is 5.08. The van der Waals surface area contributed by atoms with Crippen molar-refractivity contribution in [2.75, 3.05) is 12.8 Å². The highest BCUT2D eigenvalue weighted by Gasteiger charge is 2.09. The van der Waals surface area contributed by atoms with Crippen molar-refractivity contribution in [1.29, 1.82) is 0 Å². The molecule has 2 aromatic rings. The lowest BCUT2D eigenvalue weighted by Gasteiger charge is -2.09. The van der Waals surface area contributed by atoms with E-state index in [9.17, 15) is 4.39 Å². The maximum absolute atomic E-state index is 13.3. The molecular formula is C12H13FN2O. The Bertz CT molecular complexity index is 540. The number of anilines is 1. The zero-order chi connectivity index (χ0) is 11.7. The predicted molar refractivity (Wildman–Crippen MR) is 62.0 cm³/mol. The van der Waals surface area contributed by atoms with Gasteiger partial charge in [-0.2, -0.15) is 0 Å². The molecule has 4 heteroatoms. The number of nitrogens with zero attached hydrogens (tertiary/aromatic N) is 1. The number of benzene rings is 1. The monoisotopic (exact) mass is 220 g/mol. The summed E-state index contributed by atoms with van der Waals surface area (Å²) in [6.45, 7) is 1.99. The first kappa shape index (κ1) is 10.7. The van der Waals surface area contributed by atoms with Gasteiger partial charge in [-0.05, 0) is 18.6 Å². The molecule has 84 valence electrons. The molecule has 0 radical (unpaired) electrons. The quantitative estimate of drug-likeness (QED) is 0.846. The first-order valence-corrected chi connectivity index (χ1v) is 5.08. The fourth-order valence-electron chi connectivity index (χ4n) is 1.68. The summed E-state index contributed by atoms with van der Waals surface area (Å²) in [7, 11) is 1.49. The molecule has 1 heterocycles. The number of nitrogens with two attached hydrogens (primary N) is 1. The van der Waals surface area contributed by atoms with E-state index >= 15 is 0 Å². The number of methoxy groups -OCH3 is 1. The van der Waals surface area contributed by atoms with Crippen LogP contribution >= 0.6 is 0 Å². The lowest BCUT2D eigenvalue weighted by molar-refractivity contribution is 0.415. The zero-order valence-corrected chi connectivity index (χ0v) is 9.25. The molecule has 0 bridgehead atoms. The number of aryl methyl sites for hydroxylation is 1. The number of ether oxygens (including phenoxy) is 1. The molecule has 3 nitrogen and oxygen atoms in total. The number of hydrogen-bond acceptors (Lipinski definition) is 3. The van der Waals surface area contributed by atoms with Gasteiger partial charge in [0.1, 0.15) is 17.1 Å². The molecule has 1 aromatic heterocycles. The van der Waals surface area contributed by atoms with Crippen molar-refractivity contribution in [2.24, 2.45) is 0 Å². The summed E-state index contributed by atoms with van der Waals surface area (Å²) < 4.78 is 18.4. The number of pyridine rings is 1. The molecule has 0 aliphatic heterocycles. The van der Waals surface area contributed by atoms with E-state index in [1.165, 1.54) is 19.2 Å². The number of aromatic nitrogens is 1. The van der Waals surface area contributed by atoms with Gasteiger partial charge >= 0.3 is 0 Å². The molecule has 1 aromatic carbocycles. The second kappa shape index (κ2) is 3.96. The van der Waals surface area contributed by atoms with E-state index in [-0.39, 0.29) is 5.82 Å². The van der Waals surface area contributed by atoms with E-state index in [1.54, 1.807) is 6.07 Å². The normalized spacial score (nSPS) is 10.7. The fourth-order valence-corrected chi connectivity index (χ4v) is 1.68. The van der Waals surface area contributed by atoms with E-state index in [1.807, 2.05) is 6.92 Å². The summed E-state index contributed by atoms with van der Waals surface area (Å²) >= 11 is 0. The van der Waals surface area contributed by atoms with Crippen molar-refractivity contribution in [1.82, 2.24) is 4.98 Å². The van der Waals surface area contributed by atoms with Crippen LogP contribution in [-0.2, 0) is 6.42 Å². The molecule has 0 fully saturated rings. The van der Waals surface area contributed by atoms with Crippen molar-refractivity contribution >= 4 is 16.6 Å². The number of nitrogen functional groups attached to an aromatic ring is 1. The molecule has 0 saturated heterocycles. The van der Waals surface area contributed by atoms with Crippen molar-refractivity contribution in [2.45, 2.75) is 13.3 Å². The maximum atomic E-state index is 13.3. The predicted octanol–water partition coefficient (Wildman–Crippen LogP) is 2.53. The molecule has 2 rings (SSSR count). The average molecular weight is 220 g/mol. The molecule has 2 N–H and O–H groups in total. The van der Waals surface area contributed by atoms with Gasteiger partial charge in [-0.25, -0.2) is 9.37 Å². The van der Waals surface area contributed by atoms with Crippen molar-refractivity contribution in [3.05, 3.63) is 29.7 Å². The SMILES string of the molecule is CCc1cc(N)c2cc(F)cc(OC)c2n1. The molecule has 0 atom stereocenters. The van der Waals surface area contributed by atoms with Crippen molar-refractivity contribution in [3.63, 3.8) is 0 Å². The van der Waals surface area contributed by atoms with Crippen LogP contribution in [0.15, 0.2) is 18.2 Å². The minimum atomic E-state index is -0.373. The van der Waals surface area contributed by atoms with Crippen LogP contribution in [0.25, 0.3) is 10.9 Å². The largest absolute Gasteiger partial charge is 0.494 e. The number of rotatable bonds is 2. The van der Waals surface area contributed by atoms with Gasteiger partial charge < -0.3 is 10.5 Å². The highest BCUT2D eigenvalue weighted by Crippen LogP contribution is 2.29. The second-order valence-electron chi connectivity index (χ2n) is 3.56. The number of halogens is 1. The van der Waals surface area contributed by atoms with Gasteiger partial charge in [0, 0.05) is 22.8 Å². The fraction of sp³-hybridized carbons (Fsp3) is 0.250. The molecule has 0 unspecified atom stereocenters. The smallest absolute Gasteiger partial charge is 0.148 e. The summed E-state index contributed by atoms with van der Waals surface area (Å²) in [5, 5.41) is 0.592. The standard InChI is InChI=1S/C12H13FN2O/c1-3-8-6-10(14)9-4-7(13)5-11(16-2)12(9)15-8/h4-6H,3H2,1-2H3,(H2,14,15). The van der Waals surface area contributed by atoms with E-state index < -0.39 is 0 Å². The molecule has 16 heavy (non-hydrogen) atoms. The van der Waals surface area contributed by atoms with Gasteiger partial charge in [-0.3, -0.25) is 0 Å². The molecule has 0 aliphatic carbocycles. The Kier molecular flexibility index (Phi) is 2.64. The van der Waals surface area contributed by atoms with Crippen LogP contribution in [0.5, 0.6) is 5.75 Å². The van der Waals surface area contributed by atoms with Gasteiger partial charge in [0.05, 0.1) is 7.11 Å². The van der Waals surface area contributed by atoms with Crippen LogP contribution < -0.4 is 10.5 Å². The molecule has 0 saturated carbocycles. The van der Waals surface area contributed by atoms with Crippen LogP contribution in [0.4, 0.5) is 10.1 Å². The Morgan fingerprint density at radius 1 is 1.38 bits per heavy atom. The van der Waals surface area contributed by atoms with Crippen molar-refractivity contribution < 1.29 is 9.13 Å². The zero-order valence-electron chi connectivity index (χ0n) is 9.25. The summed E-state index contributed by atoms with van der Waals surface area (Å²) in [5.74, 6) is 0.0408. The highest BCUT2D eigenvalue weighted by molar-refractivity contribution is 5.94. The molecule has 0 spiro atoms. The van der Waals surface area contributed by atoms with Gasteiger partial charge in [0.15, 0.2) is 0 Å². The Hall–Kier alpha value is -1.84. The van der Waals surface area contributed by atoms with E-state index in [2.05, 4.69) is 4.98 Å². The van der Waals surface area contributed by atoms with Gasteiger partial charge in [-0.1, -0.05) is 6.92 Å². The minimum absolute atomic E-state index is 0.373. The topological polar surface area (TPSA) is 48.1 Å². The Balaban J connectivity index is 2.83. The summed E-state index contributed by atoms with van der Waals surface area (Å²) in [6, 6.07) is 4.45. The summed E-state index contributed by atoms with van der Waals surface area (Å²) in [6.07, 6.45) is 0.778. The minimum Gasteiger partial charge on any atom is -0.494 e. The van der Waals surface area contributed by atoms with Gasteiger partial charge in [0.2, 0.25) is 0 Å². The van der Waals surface area contributed by atoms with Crippen LogP contribution in [0, 0.1) is 5.82 Å². The Morgan fingerprint density at radius 3 is 2.75 bits per heavy atom. The Labute approximate surface area is 93.0 Å². The Morgan fingerprint density at radius 2 is 2.12 bits per heavy atom. The lowest BCUT2D eigenvalue weighted by atomic mass is 10.1. The number of fused-ring (bicyclic) bond motifs is 1. The molecular weight excluding hydrogens is 207 g/mol. The van der Waals surface area contributed by atoms with Crippen LogP contribution in [-0.4, -0.2) is 12.1 Å². The lowest BCUT2D eigenvalue weighted by Crippen LogP contribution is -1.97. The van der Waals surface area contributed by atoms with Crippen LogP contribution in [0.3, 0.4) is 0 Å². The third kappa shape index (κ3) is 1.66. The highest BCUT2D eigenvalue weighted by atomic mass is 19.1. The van der Waals surface area contributed by atoms with E-state index in [0.29, 0.717) is 22.3 Å². The molecule has 0 aliphatic rings. The van der Waals surface area contributed by atoms with Crippen molar-refractivity contribution in [3.8, 4) is 5.75 Å². The van der Waals surface area contributed by atoms with Crippen LogP contribution in [0.2, 0.25) is 0 Å². The first-order chi connectivity index (χ1) is 7.65. The molecule has 0 amide bonds. The average Bonchev–Trinajstić information content (AvgIpc) is 2.28.